The summed E-state index contributed by atoms with van der Waals surface area (Å²) in [5.74, 6) is -0.00854. The summed E-state index contributed by atoms with van der Waals surface area (Å²) in [6.07, 6.45) is -0.760. The van der Waals surface area contributed by atoms with Crippen molar-refractivity contribution in [2.75, 3.05) is 5.75 Å². The van der Waals surface area contributed by atoms with Crippen LogP contribution in [0.25, 0.3) is 10.9 Å². The van der Waals surface area contributed by atoms with E-state index < -0.39 is 6.10 Å². The van der Waals surface area contributed by atoms with Gasteiger partial charge in [0, 0.05) is 12.3 Å². The molecule has 0 aliphatic heterocycles. The van der Waals surface area contributed by atoms with Crippen molar-refractivity contribution in [2.45, 2.75) is 24.7 Å². The van der Waals surface area contributed by atoms with Gasteiger partial charge in [0.25, 0.3) is 5.56 Å². The lowest BCUT2D eigenvalue weighted by Crippen LogP contribution is -2.22. The first kappa shape index (κ1) is 16.7. The van der Waals surface area contributed by atoms with Crippen molar-refractivity contribution in [3.05, 3.63) is 70.3 Å². The molecule has 0 aliphatic rings. The van der Waals surface area contributed by atoms with Crippen LogP contribution in [0, 0.1) is 5.82 Å². The van der Waals surface area contributed by atoms with Crippen molar-refractivity contribution in [1.29, 1.82) is 0 Å². The van der Waals surface area contributed by atoms with Gasteiger partial charge in [-0.25, -0.2) is 9.37 Å². The second-order valence-electron chi connectivity index (χ2n) is 5.34. The summed E-state index contributed by atoms with van der Waals surface area (Å²) in [6, 6.07) is 13.0. The number of hydrogen-bond acceptors (Lipinski definition) is 4. The fourth-order valence-electron chi connectivity index (χ4n) is 2.47. The minimum Gasteiger partial charge on any atom is -0.388 e. The van der Waals surface area contributed by atoms with Gasteiger partial charge in [-0.05, 0) is 36.8 Å². The van der Waals surface area contributed by atoms with Crippen LogP contribution in [0.2, 0.25) is 0 Å². The number of nitrogens with zero attached hydrogens (tertiary/aromatic N) is 2. The fraction of sp³-hybridized carbons (Fsp3) is 0.222. The highest BCUT2D eigenvalue weighted by Crippen LogP contribution is 2.24. The highest BCUT2D eigenvalue weighted by molar-refractivity contribution is 7.99. The monoisotopic (exact) mass is 344 g/mol. The van der Waals surface area contributed by atoms with Gasteiger partial charge in [-0.15, -0.1) is 0 Å². The molecular formula is C18H17FN2O2S. The molecule has 3 rings (SSSR count). The number of para-hydroxylation sites is 1. The van der Waals surface area contributed by atoms with E-state index in [2.05, 4.69) is 4.98 Å². The second-order valence-corrected chi connectivity index (χ2v) is 6.33. The predicted molar refractivity (Wildman–Crippen MR) is 93.8 cm³/mol. The van der Waals surface area contributed by atoms with Crippen LogP contribution in [-0.2, 0) is 6.54 Å². The van der Waals surface area contributed by atoms with Gasteiger partial charge in [0.2, 0.25) is 0 Å². The van der Waals surface area contributed by atoms with E-state index in [1.807, 2.05) is 19.1 Å². The number of rotatable bonds is 5. The molecule has 0 spiro atoms. The molecule has 1 unspecified atom stereocenters. The Bertz CT molecular complexity index is 909. The molecule has 2 aromatic carbocycles. The van der Waals surface area contributed by atoms with Crippen LogP contribution in [0.3, 0.4) is 0 Å². The van der Waals surface area contributed by atoms with E-state index in [1.165, 1.54) is 23.9 Å². The molecule has 1 atom stereocenters. The zero-order chi connectivity index (χ0) is 17.1. The van der Waals surface area contributed by atoms with Gasteiger partial charge in [-0.1, -0.05) is 36.0 Å². The summed E-state index contributed by atoms with van der Waals surface area (Å²) in [7, 11) is 0. The average Bonchev–Trinajstić information content (AvgIpc) is 2.60. The first-order chi connectivity index (χ1) is 11.6. The Morgan fingerprint density at radius 3 is 2.62 bits per heavy atom. The van der Waals surface area contributed by atoms with E-state index in [9.17, 15) is 14.3 Å². The van der Waals surface area contributed by atoms with E-state index in [4.69, 9.17) is 0 Å². The predicted octanol–water partition coefficient (Wildman–Crippen LogP) is 3.38. The molecule has 1 heterocycles. The third kappa shape index (κ3) is 3.34. The van der Waals surface area contributed by atoms with E-state index in [1.54, 1.807) is 28.8 Å². The quantitative estimate of drug-likeness (QED) is 0.569. The Morgan fingerprint density at radius 1 is 1.21 bits per heavy atom. The molecule has 0 radical (unpaired) electrons. The first-order valence-electron chi connectivity index (χ1n) is 7.66. The summed E-state index contributed by atoms with van der Waals surface area (Å²) >= 11 is 1.32. The molecule has 0 bridgehead atoms. The number of aliphatic hydroxyl groups excluding tert-OH is 1. The topological polar surface area (TPSA) is 55.1 Å². The van der Waals surface area contributed by atoms with Crippen molar-refractivity contribution in [1.82, 2.24) is 9.55 Å². The van der Waals surface area contributed by atoms with Crippen LogP contribution in [0.15, 0.2) is 58.5 Å². The minimum atomic E-state index is -0.760. The first-order valence-corrected chi connectivity index (χ1v) is 8.64. The molecule has 6 heteroatoms. The van der Waals surface area contributed by atoms with Gasteiger partial charge < -0.3 is 5.11 Å². The largest absolute Gasteiger partial charge is 0.388 e. The number of hydrogen-bond donors (Lipinski definition) is 1. The molecule has 24 heavy (non-hydrogen) atoms. The van der Waals surface area contributed by atoms with Crippen molar-refractivity contribution in [3.8, 4) is 0 Å². The Labute approximate surface area is 143 Å². The average molecular weight is 344 g/mol. The number of aromatic nitrogens is 2. The van der Waals surface area contributed by atoms with Crippen LogP contribution in [-0.4, -0.2) is 20.4 Å². The maximum Gasteiger partial charge on any atom is 0.262 e. The molecule has 124 valence electrons. The molecule has 3 aromatic rings. The Morgan fingerprint density at radius 2 is 1.92 bits per heavy atom. The molecule has 0 saturated carbocycles. The molecule has 4 nitrogen and oxygen atoms in total. The van der Waals surface area contributed by atoms with E-state index in [-0.39, 0.29) is 11.4 Å². The smallest absolute Gasteiger partial charge is 0.262 e. The third-order valence-electron chi connectivity index (χ3n) is 3.77. The molecule has 1 aromatic heterocycles. The van der Waals surface area contributed by atoms with Gasteiger partial charge in [0.05, 0.1) is 17.0 Å². The van der Waals surface area contributed by atoms with Gasteiger partial charge >= 0.3 is 0 Å². The molecule has 0 aliphatic carbocycles. The minimum absolute atomic E-state index is 0.0816. The lowest BCUT2D eigenvalue weighted by molar-refractivity contribution is 0.204. The zero-order valence-corrected chi connectivity index (χ0v) is 14.0. The summed E-state index contributed by atoms with van der Waals surface area (Å²) in [5, 5.41) is 11.4. The van der Waals surface area contributed by atoms with Crippen molar-refractivity contribution < 1.29 is 9.50 Å². The van der Waals surface area contributed by atoms with Crippen LogP contribution in [0.1, 0.15) is 18.6 Å². The Hall–Kier alpha value is -2.18. The molecule has 0 fully saturated rings. The number of aliphatic hydroxyl groups is 1. The molecular weight excluding hydrogens is 327 g/mol. The second kappa shape index (κ2) is 7.15. The summed E-state index contributed by atoms with van der Waals surface area (Å²) < 4.78 is 14.6. The maximum absolute atomic E-state index is 13.0. The Kier molecular flexibility index (Phi) is 4.97. The Balaban J connectivity index is 1.86. The van der Waals surface area contributed by atoms with Crippen molar-refractivity contribution in [2.24, 2.45) is 0 Å². The summed E-state index contributed by atoms with van der Waals surface area (Å²) in [5.41, 5.74) is 1.20. The lowest BCUT2D eigenvalue weighted by atomic mass is 10.1. The van der Waals surface area contributed by atoms with Gasteiger partial charge in [-0.3, -0.25) is 9.36 Å². The van der Waals surface area contributed by atoms with Crippen molar-refractivity contribution >= 4 is 22.7 Å². The summed E-state index contributed by atoms with van der Waals surface area (Å²) in [4.78, 5) is 17.1. The fourth-order valence-corrected chi connectivity index (χ4v) is 3.50. The molecule has 1 N–H and O–H groups in total. The van der Waals surface area contributed by atoms with Crippen LogP contribution in [0.5, 0.6) is 0 Å². The highest BCUT2D eigenvalue weighted by Gasteiger charge is 2.13. The van der Waals surface area contributed by atoms with E-state index in [0.717, 1.165) is 0 Å². The van der Waals surface area contributed by atoms with Gasteiger partial charge in [0.15, 0.2) is 5.16 Å². The molecule has 0 amide bonds. The lowest BCUT2D eigenvalue weighted by Gasteiger charge is -2.14. The maximum atomic E-state index is 13.0. The number of thioether (sulfide) groups is 1. The standard InChI is InChI=1S/C18H17FN2O2S/c1-2-21-17(23)14-5-3-4-6-15(14)20-18(21)24-11-16(22)12-7-9-13(19)10-8-12/h3-10,16,22H,2,11H2,1H3. The number of fused-ring (bicyclic) bond motifs is 1. The zero-order valence-electron chi connectivity index (χ0n) is 13.1. The van der Waals surface area contributed by atoms with E-state index >= 15 is 0 Å². The van der Waals surface area contributed by atoms with Crippen LogP contribution >= 0.6 is 11.8 Å². The SMILES string of the molecule is CCn1c(SCC(O)c2ccc(F)cc2)nc2ccccc2c1=O. The molecule has 0 saturated heterocycles. The van der Waals surface area contributed by atoms with Gasteiger partial charge in [0.1, 0.15) is 5.82 Å². The summed E-state index contributed by atoms with van der Waals surface area (Å²) in [6.45, 7) is 2.39. The third-order valence-corrected chi connectivity index (χ3v) is 4.82. The van der Waals surface area contributed by atoms with Gasteiger partial charge in [-0.2, -0.15) is 0 Å². The van der Waals surface area contributed by atoms with Crippen molar-refractivity contribution in [3.63, 3.8) is 0 Å². The van der Waals surface area contributed by atoms with E-state index in [0.29, 0.717) is 33.9 Å². The normalized spacial score (nSPS) is 12.5. The highest BCUT2D eigenvalue weighted by atomic mass is 32.2. The number of halogens is 1. The van der Waals surface area contributed by atoms with Crippen LogP contribution in [0.4, 0.5) is 4.39 Å². The van der Waals surface area contributed by atoms with Crippen LogP contribution < -0.4 is 5.56 Å². The number of benzene rings is 2.